The van der Waals surface area contributed by atoms with Gasteiger partial charge < -0.3 is 4.90 Å². The second-order valence-corrected chi connectivity index (χ2v) is 7.24. The Labute approximate surface area is 159 Å². The summed E-state index contributed by atoms with van der Waals surface area (Å²) in [6.07, 6.45) is 6.46. The summed E-state index contributed by atoms with van der Waals surface area (Å²) in [5, 5.41) is 1.11. The molecule has 0 aliphatic carbocycles. The first-order valence-electron chi connectivity index (χ1n) is 8.58. The number of piperidine rings is 1. The molecule has 25 heavy (non-hydrogen) atoms. The van der Waals surface area contributed by atoms with Crippen LogP contribution in [0.4, 0.5) is 0 Å². The van der Waals surface area contributed by atoms with Crippen molar-refractivity contribution in [2.24, 2.45) is 5.92 Å². The van der Waals surface area contributed by atoms with Crippen molar-refractivity contribution in [1.29, 1.82) is 0 Å². The Morgan fingerprint density at radius 2 is 1.64 bits per heavy atom. The first-order valence-corrected chi connectivity index (χ1v) is 9.34. The van der Waals surface area contributed by atoms with Crippen LogP contribution in [0.1, 0.15) is 24.0 Å². The summed E-state index contributed by atoms with van der Waals surface area (Å²) in [7, 11) is 0. The molecule has 1 fully saturated rings. The van der Waals surface area contributed by atoms with Gasteiger partial charge in [-0.1, -0.05) is 59.6 Å². The molecule has 0 N–H and O–H groups in total. The Bertz CT molecular complexity index is 729. The molecule has 2 aromatic carbocycles. The van der Waals surface area contributed by atoms with Crippen molar-refractivity contribution in [2.75, 3.05) is 13.1 Å². The lowest BCUT2D eigenvalue weighted by Crippen LogP contribution is -2.37. The van der Waals surface area contributed by atoms with Crippen molar-refractivity contribution >= 4 is 35.2 Å². The Hall–Kier alpha value is -1.77. The van der Waals surface area contributed by atoms with Crippen LogP contribution >= 0.6 is 23.2 Å². The summed E-state index contributed by atoms with van der Waals surface area (Å²) in [4.78, 5) is 14.3. The van der Waals surface area contributed by atoms with Gasteiger partial charge in [0.05, 0.1) is 0 Å². The summed E-state index contributed by atoms with van der Waals surface area (Å²) >= 11 is 12.3. The fraction of sp³-hybridized carbons (Fsp3) is 0.286. The summed E-state index contributed by atoms with van der Waals surface area (Å²) in [5.74, 6) is 0.669. The first kappa shape index (κ1) is 18.0. The molecular formula is C21H21Cl2NO. The van der Waals surface area contributed by atoms with Crippen molar-refractivity contribution in [1.82, 2.24) is 4.90 Å². The molecule has 0 saturated carbocycles. The molecule has 1 aliphatic heterocycles. The maximum absolute atomic E-state index is 12.4. The van der Waals surface area contributed by atoms with Crippen LogP contribution in [-0.4, -0.2) is 23.9 Å². The maximum atomic E-state index is 12.4. The van der Waals surface area contributed by atoms with Crippen molar-refractivity contribution in [3.63, 3.8) is 0 Å². The van der Waals surface area contributed by atoms with Crippen LogP contribution in [0.3, 0.4) is 0 Å². The Kier molecular flexibility index (Phi) is 6.17. The summed E-state index contributed by atoms with van der Waals surface area (Å²) in [6.45, 7) is 1.61. The SMILES string of the molecule is O=C(C=Cc1c(Cl)cccc1Cl)N1CCC(Cc2ccccc2)CC1. The normalized spacial score (nSPS) is 15.7. The molecular weight excluding hydrogens is 353 g/mol. The third kappa shape index (κ3) is 4.87. The Morgan fingerprint density at radius 1 is 1.00 bits per heavy atom. The second kappa shape index (κ2) is 8.55. The fourth-order valence-electron chi connectivity index (χ4n) is 3.23. The summed E-state index contributed by atoms with van der Waals surface area (Å²) in [5.41, 5.74) is 2.07. The van der Waals surface area contributed by atoms with E-state index in [-0.39, 0.29) is 5.91 Å². The molecule has 0 spiro atoms. The molecule has 0 atom stereocenters. The molecule has 0 aromatic heterocycles. The van der Waals surface area contributed by atoms with E-state index in [1.54, 1.807) is 30.4 Å². The fourth-order valence-corrected chi connectivity index (χ4v) is 3.76. The van der Waals surface area contributed by atoms with Crippen LogP contribution in [-0.2, 0) is 11.2 Å². The third-order valence-corrected chi connectivity index (χ3v) is 5.34. The third-order valence-electron chi connectivity index (χ3n) is 4.69. The minimum atomic E-state index is 0.0224. The number of halogens is 2. The minimum absolute atomic E-state index is 0.0224. The summed E-state index contributed by atoms with van der Waals surface area (Å²) < 4.78 is 0. The van der Waals surface area contributed by atoms with E-state index < -0.39 is 0 Å². The predicted molar refractivity (Wildman–Crippen MR) is 105 cm³/mol. The topological polar surface area (TPSA) is 20.3 Å². The number of carbonyl (C=O) groups is 1. The monoisotopic (exact) mass is 373 g/mol. The van der Waals surface area contributed by atoms with E-state index in [1.165, 1.54) is 5.56 Å². The van der Waals surface area contributed by atoms with Crippen LogP contribution < -0.4 is 0 Å². The average Bonchev–Trinajstić information content (AvgIpc) is 2.62. The molecule has 2 aromatic rings. The molecule has 1 saturated heterocycles. The number of nitrogens with zero attached hydrogens (tertiary/aromatic N) is 1. The van der Waals surface area contributed by atoms with Crippen LogP contribution in [0.15, 0.2) is 54.6 Å². The van der Waals surface area contributed by atoms with Crippen molar-refractivity contribution < 1.29 is 4.79 Å². The zero-order chi connectivity index (χ0) is 17.6. The van der Waals surface area contributed by atoms with E-state index in [2.05, 4.69) is 24.3 Å². The van der Waals surface area contributed by atoms with Crippen molar-refractivity contribution in [3.8, 4) is 0 Å². The molecule has 1 heterocycles. The van der Waals surface area contributed by atoms with Crippen LogP contribution in [0.2, 0.25) is 10.0 Å². The number of hydrogen-bond acceptors (Lipinski definition) is 1. The first-order chi connectivity index (χ1) is 12.1. The highest BCUT2D eigenvalue weighted by atomic mass is 35.5. The molecule has 2 nitrogen and oxygen atoms in total. The number of rotatable bonds is 4. The number of hydrogen-bond donors (Lipinski definition) is 0. The molecule has 0 unspecified atom stereocenters. The number of likely N-dealkylation sites (tertiary alicyclic amines) is 1. The molecule has 1 aliphatic rings. The zero-order valence-corrected chi connectivity index (χ0v) is 15.5. The lowest BCUT2D eigenvalue weighted by molar-refractivity contribution is -0.127. The van der Waals surface area contributed by atoms with Gasteiger partial charge in [0.2, 0.25) is 5.91 Å². The number of carbonyl (C=O) groups excluding carboxylic acids is 1. The standard InChI is InChI=1S/C21H21Cl2NO/c22-19-7-4-8-20(23)18(19)9-10-21(25)24-13-11-17(12-14-24)15-16-5-2-1-3-6-16/h1-10,17H,11-15H2. The van der Waals surface area contributed by atoms with Gasteiger partial charge in [0.25, 0.3) is 0 Å². The van der Waals surface area contributed by atoms with E-state index in [9.17, 15) is 4.79 Å². The molecule has 130 valence electrons. The quantitative estimate of drug-likeness (QED) is 0.649. The van der Waals surface area contributed by atoms with E-state index in [0.29, 0.717) is 21.5 Å². The minimum Gasteiger partial charge on any atom is -0.339 e. The highest BCUT2D eigenvalue weighted by Gasteiger charge is 2.21. The number of amides is 1. The molecule has 0 bridgehead atoms. The second-order valence-electron chi connectivity index (χ2n) is 6.43. The summed E-state index contributed by atoms with van der Waals surface area (Å²) in [6, 6.07) is 15.9. The highest BCUT2D eigenvalue weighted by molar-refractivity contribution is 6.37. The van der Waals surface area contributed by atoms with E-state index in [4.69, 9.17) is 23.2 Å². The van der Waals surface area contributed by atoms with E-state index in [1.807, 2.05) is 11.0 Å². The molecule has 3 rings (SSSR count). The van der Waals surface area contributed by atoms with Crippen LogP contribution in [0.5, 0.6) is 0 Å². The highest BCUT2D eigenvalue weighted by Crippen LogP contribution is 2.26. The van der Waals surface area contributed by atoms with Crippen LogP contribution in [0.25, 0.3) is 6.08 Å². The van der Waals surface area contributed by atoms with Gasteiger partial charge in [-0.15, -0.1) is 0 Å². The van der Waals surface area contributed by atoms with Crippen molar-refractivity contribution in [2.45, 2.75) is 19.3 Å². The van der Waals surface area contributed by atoms with Gasteiger partial charge in [-0.25, -0.2) is 0 Å². The van der Waals surface area contributed by atoms with Gasteiger partial charge in [0.1, 0.15) is 0 Å². The maximum Gasteiger partial charge on any atom is 0.246 e. The van der Waals surface area contributed by atoms with Gasteiger partial charge in [-0.2, -0.15) is 0 Å². The van der Waals surface area contributed by atoms with Gasteiger partial charge in [-0.3, -0.25) is 4.79 Å². The lowest BCUT2D eigenvalue weighted by atomic mass is 9.90. The van der Waals surface area contributed by atoms with Gasteiger partial charge >= 0.3 is 0 Å². The Morgan fingerprint density at radius 3 is 2.28 bits per heavy atom. The molecule has 4 heteroatoms. The van der Waals surface area contributed by atoms with Gasteiger partial charge in [0, 0.05) is 34.8 Å². The van der Waals surface area contributed by atoms with Gasteiger partial charge in [-0.05, 0) is 49.0 Å². The van der Waals surface area contributed by atoms with E-state index >= 15 is 0 Å². The van der Waals surface area contributed by atoms with Gasteiger partial charge in [0.15, 0.2) is 0 Å². The van der Waals surface area contributed by atoms with Crippen molar-refractivity contribution in [3.05, 3.63) is 75.8 Å². The average molecular weight is 374 g/mol. The van der Waals surface area contributed by atoms with E-state index in [0.717, 1.165) is 32.4 Å². The number of benzene rings is 2. The largest absolute Gasteiger partial charge is 0.339 e. The molecule has 1 amide bonds. The van der Waals surface area contributed by atoms with Crippen LogP contribution in [0, 0.1) is 5.92 Å². The molecule has 0 radical (unpaired) electrons. The lowest BCUT2D eigenvalue weighted by Gasteiger charge is -2.31. The predicted octanol–water partition coefficient (Wildman–Crippen LogP) is 5.49. The Balaban J connectivity index is 1.54. The smallest absolute Gasteiger partial charge is 0.246 e. The zero-order valence-electron chi connectivity index (χ0n) is 14.0.